The van der Waals surface area contributed by atoms with Crippen molar-refractivity contribution in [3.05, 3.63) is 42.1 Å². The predicted molar refractivity (Wildman–Crippen MR) is 56.6 cm³/mol. The van der Waals surface area contributed by atoms with Gasteiger partial charge in [0, 0.05) is 18.1 Å². The van der Waals surface area contributed by atoms with E-state index in [1.807, 2.05) is 30.3 Å². The number of hydrazine groups is 1. The number of carboxylic acid groups (broad SMARTS) is 1. The van der Waals surface area contributed by atoms with Gasteiger partial charge in [-0.1, -0.05) is 24.3 Å². The number of allylic oxidation sites excluding steroid dienone is 1. The van der Waals surface area contributed by atoms with E-state index >= 15 is 0 Å². The third-order valence-corrected chi connectivity index (χ3v) is 1.75. The molecule has 0 atom stereocenters. The molecule has 4 heteroatoms. The Morgan fingerprint density at radius 1 is 1.40 bits per heavy atom. The van der Waals surface area contributed by atoms with Crippen LogP contribution in [0, 0.1) is 0 Å². The molecule has 0 saturated carbocycles. The molecular formula is C11H13N2O2-. The SMILES string of the molecule is C/C(=C\CC(=O)[O-])NNc1ccccc1. The van der Waals surface area contributed by atoms with E-state index < -0.39 is 5.97 Å². The number of carbonyl (C=O) groups is 1. The zero-order valence-electron chi connectivity index (χ0n) is 8.49. The molecule has 4 nitrogen and oxygen atoms in total. The van der Waals surface area contributed by atoms with E-state index in [4.69, 9.17) is 0 Å². The van der Waals surface area contributed by atoms with Crippen LogP contribution >= 0.6 is 0 Å². The van der Waals surface area contributed by atoms with Crippen LogP contribution in [-0.4, -0.2) is 5.97 Å². The molecule has 0 heterocycles. The lowest BCUT2D eigenvalue weighted by molar-refractivity contribution is -0.304. The van der Waals surface area contributed by atoms with E-state index in [2.05, 4.69) is 10.9 Å². The number of carbonyl (C=O) groups excluding carboxylic acids is 1. The topological polar surface area (TPSA) is 64.2 Å². The molecule has 0 spiro atoms. The molecule has 2 N–H and O–H groups in total. The number of rotatable bonds is 5. The van der Waals surface area contributed by atoms with Crippen LogP contribution in [0.1, 0.15) is 13.3 Å². The van der Waals surface area contributed by atoms with Gasteiger partial charge in [0.1, 0.15) is 0 Å². The number of nitrogens with one attached hydrogen (secondary N) is 2. The monoisotopic (exact) mass is 205 g/mol. The van der Waals surface area contributed by atoms with E-state index in [1.165, 1.54) is 0 Å². The summed E-state index contributed by atoms with van der Waals surface area (Å²) in [7, 11) is 0. The van der Waals surface area contributed by atoms with E-state index in [9.17, 15) is 9.90 Å². The number of carboxylic acids is 1. The van der Waals surface area contributed by atoms with Crippen molar-refractivity contribution in [3.63, 3.8) is 0 Å². The Morgan fingerprint density at radius 2 is 2.07 bits per heavy atom. The fourth-order valence-corrected chi connectivity index (χ4v) is 0.980. The minimum atomic E-state index is -1.09. The summed E-state index contributed by atoms with van der Waals surface area (Å²) in [6.45, 7) is 1.78. The molecule has 0 aliphatic carbocycles. The minimum absolute atomic E-state index is 0.0880. The molecule has 0 bridgehead atoms. The average Bonchev–Trinajstić information content (AvgIpc) is 2.25. The summed E-state index contributed by atoms with van der Waals surface area (Å²) < 4.78 is 0. The fourth-order valence-electron chi connectivity index (χ4n) is 0.980. The molecule has 80 valence electrons. The molecule has 0 radical (unpaired) electrons. The van der Waals surface area contributed by atoms with Crippen molar-refractivity contribution in [2.24, 2.45) is 0 Å². The van der Waals surface area contributed by atoms with Gasteiger partial charge in [0.25, 0.3) is 0 Å². The lowest BCUT2D eigenvalue weighted by atomic mass is 10.3. The highest BCUT2D eigenvalue weighted by molar-refractivity contribution is 5.66. The van der Waals surface area contributed by atoms with Gasteiger partial charge >= 0.3 is 0 Å². The second-order valence-electron chi connectivity index (χ2n) is 3.08. The smallest absolute Gasteiger partial charge is 0.0539 e. The summed E-state index contributed by atoms with van der Waals surface area (Å²) in [5.41, 5.74) is 7.47. The largest absolute Gasteiger partial charge is 0.550 e. The predicted octanol–water partition coefficient (Wildman–Crippen LogP) is 0.647. The normalized spacial score (nSPS) is 10.9. The third-order valence-electron chi connectivity index (χ3n) is 1.75. The summed E-state index contributed by atoms with van der Waals surface area (Å²) in [5.74, 6) is -1.09. The first-order valence-corrected chi connectivity index (χ1v) is 4.62. The number of hydrogen-bond donors (Lipinski definition) is 2. The van der Waals surface area contributed by atoms with Crippen molar-refractivity contribution in [3.8, 4) is 0 Å². The van der Waals surface area contributed by atoms with Crippen molar-refractivity contribution < 1.29 is 9.90 Å². The van der Waals surface area contributed by atoms with Crippen molar-refractivity contribution >= 4 is 11.7 Å². The highest BCUT2D eigenvalue weighted by atomic mass is 16.4. The van der Waals surface area contributed by atoms with Crippen molar-refractivity contribution in [1.82, 2.24) is 5.43 Å². The minimum Gasteiger partial charge on any atom is -0.550 e. The van der Waals surface area contributed by atoms with Gasteiger partial charge in [0.15, 0.2) is 0 Å². The Labute approximate surface area is 88.6 Å². The molecule has 0 aromatic heterocycles. The lowest BCUT2D eigenvalue weighted by Crippen LogP contribution is -2.23. The first kappa shape index (κ1) is 11.1. The summed E-state index contributed by atoms with van der Waals surface area (Å²) in [6, 6.07) is 9.54. The van der Waals surface area contributed by atoms with Gasteiger partial charge in [-0.3, -0.25) is 0 Å². The summed E-state index contributed by atoms with van der Waals surface area (Å²) in [4.78, 5) is 10.2. The highest BCUT2D eigenvalue weighted by Gasteiger charge is 1.89. The third kappa shape index (κ3) is 4.71. The molecule has 1 aromatic carbocycles. The number of anilines is 1. The van der Waals surface area contributed by atoms with Crippen LogP contribution in [0.2, 0.25) is 0 Å². The van der Waals surface area contributed by atoms with Crippen molar-refractivity contribution in [2.75, 3.05) is 5.43 Å². The Kier molecular flexibility index (Phi) is 4.22. The van der Waals surface area contributed by atoms with Gasteiger partial charge in [-0.2, -0.15) is 0 Å². The number of aliphatic carboxylic acids is 1. The maximum absolute atomic E-state index is 10.2. The molecule has 0 fully saturated rings. The quantitative estimate of drug-likeness (QED) is 0.693. The summed E-state index contributed by atoms with van der Waals surface area (Å²) in [6.07, 6.45) is 1.46. The molecule has 0 aliphatic heterocycles. The molecule has 1 rings (SSSR count). The molecule has 1 aromatic rings. The average molecular weight is 205 g/mol. The Morgan fingerprint density at radius 3 is 2.67 bits per heavy atom. The van der Waals surface area contributed by atoms with Gasteiger partial charge in [-0.05, 0) is 19.1 Å². The molecule has 0 unspecified atom stereocenters. The van der Waals surface area contributed by atoms with Crippen LogP contribution in [0.3, 0.4) is 0 Å². The standard InChI is InChI=1S/C11H14N2O2/c1-9(7-8-11(14)15)12-13-10-5-3-2-4-6-10/h2-7,12-13H,8H2,1H3,(H,14,15)/p-1/b9-7+. The second-order valence-corrected chi connectivity index (χ2v) is 3.08. The van der Waals surface area contributed by atoms with Crippen LogP contribution in [-0.2, 0) is 4.79 Å². The number of benzene rings is 1. The zero-order valence-corrected chi connectivity index (χ0v) is 8.49. The van der Waals surface area contributed by atoms with E-state index in [0.717, 1.165) is 11.4 Å². The van der Waals surface area contributed by atoms with Crippen molar-refractivity contribution in [1.29, 1.82) is 0 Å². The Bertz CT molecular complexity index is 347. The summed E-state index contributed by atoms with van der Waals surface area (Å²) in [5, 5.41) is 10.2. The zero-order chi connectivity index (χ0) is 11.1. The highest BCUT2D eigenvalue weighted by Crippen LogP contribution is 2.03. The first-order chi connectivity index (χ1) is 7.18. The number of para-hydroxylation sites is 1. The van der Waals surface area contributed by atoms with Crippen LogP contribution in [0.15, 0.2) is 42.1 Å². The molecule has 0 saturated heterocycles. The lowest BCUT2D eigenvalue weighted by Gasteiger charge is -2.09. The molecule has 0 aliphatic rings. The van der Waals surface area contributed by atoms with Gasteiger partial charge in [-0.25, -0.2) is 0 Å². The van der Waals surface area contributed by atoms with Crippen LogP contribution in [0.5, 0.6) is 0 Å². The maximum Gasteiger partial charge on any atom is 0.0539 e. The molecular weight excluding hydrogens is 192 g/mol. The van der Waals surface area contributed by atoms with E-state index in [1.54, 1.807) is 13.0 Å². The second kappa shape index (κ2) is 5.70. The molecule has 0 amide bonds. The summed E-state index contributed by atoms with van der Waals surface area (Å²) >= 11 is 0. The Balaban J connectivity index is 2.37. The van der Waals surface area contributed by atoms with Crippen LogP contribution in [0.4, 0.5) is 5.69 Å². The van der Waals surface area contributed by atoms with Gasteiger partial charge in [-0.15, -0.1) is 0 Å². The van der Waals surface area contributed by atoms with Gasteiger partial charge < -0.3 is 20.8 Å². The molecule has 15 heavy (non-hydrogen) atoms. The van der Waals surface area contributed by atoms with Crippen LogP contribution < -0.4 is 16.0 Å². The van der Waals surface area contributed by atoms with Gasteiger partial charge in [0.05, 0.1) is 5.69 Å². The van der Waals surface area contributed by atoms with Crippen LogP contribution in [0.25, 0.3) is 0 Å². The maximum atomic E-state index is 10.2. The first-order valence-electron chi connectivity index (χ1n) is 4.62. The van der Waals surface area contributed by atoms with E-state index in [-0.39, 0.29) is 6.42 Å². The fraction of sp³-hybridized carbons (Fsp3) is 0.182. The number of hydrogen-bond acceptors (Lipinski definition) is 4. The van der Waals surface area contributed by atoms with E-state index in [0.29, 0.717) is 0 Å². The van der Waals surface area contributed by atoms with Crippen molar-refractivity contribution in [2.45, 2.75) is 13.3 Å². The Hall–Kier alpha value is -1.97. The van der Waals surface area contributed by atoms with Gasteiger partial charge in [0.2, 0.25) is 0 Å².